The highest BCUT2D eigenvalue weighted by atomic mass is 16.5. The minimum atomic E-state index is -0.0446. The summed E-state index contributed by atoms with van der Waals surface area (Å²) in [5, 5.41) is 6.12. The lowest BCUT2D eigenvalue weighted by atomic mass is 10.1. The van der Waals surface area contributed by atoms with Crippen molar-refractivity contribution in [3.63, 3.8) is 0 Å². The SMILES string of the molecule is CCOc1ccc(NC(=O)C2CCCN2)cc1C. The number of hydrogen-bond donors (Lipinski definition) is 2. The van der Waals surface area contributed by atoms with Crippen molar-refractivity contribution in [1.29, 1.82) is 0 Å². The van der Waals surface area contributed by atoms with Gasteiger partial charge in [0.05, 0.1) is 12.6 Å². The van der Waals surface area contributed by atoms with Crippen LogP contribution in [0.3, 0.4) is 0 Å². The molecule has 1 heterocycles. The van der Waals surface area contributed by atoms with Gasteiger partial charge in [-0.05, 0) is 57.0 Å². The highest BCUT2D eigenvalue weighted by Crippen LogP contribution is 2.22. The molecule has 0 bridgehead atoms. The highest BCUT2D eigenvalue weighted by molar-refractivity contribution is 5.95. The van der Waals surface area contributed by atoms with Crippen LogP contribution in [0.1, 0.15) is 25.3 Å². The number of carbonyl (C=O) groups is 1. The van der Waals surface area contributed by atoms with Crippen LogP contribution in [-0.4, -0.2) is 25.1 Å². The van der Waals surface area contributed by atoms with Crippen LogP contribution in [0.25, 0.3) is 0 Å². The summed E-state index contributed by atoms with van der Waals surface area (Å²) in [5.74, 6) is 0.922. The average molecular weight is 248 g/mol. The highest BCUT2D eigenvalue weighted by Gasteiger charge is 2.21. The van der Waals surface area contributed by atoms with Gasteiger partial charge in [0.2, 0.25) is 5.91 Å². The van der Waals surface area contributed by atoms with Crippen LogP contribution in [0, 0.1) is 6.92 Å². The molecule has 1 atom stereocenters. The quantitative estimate of drug-likeness (QED) is 0.857. The first-order valence-corrected chi connectivity index (χ1v) is 6.48. The van der Waals surface area contributed by atoms with E-state index in [0.717, 1.165) is 36.4 Å². The second kappa shape index (κ2) is 5.87. The molecule has 0 aromatic heterocycles. The largest absolute Gasteiger partial charge is 0.494 e. The van der Waals surface area contributed by atoms with Crippen LogP contribution >= 0.6 is 0 Å². The fourth-order valence-corrected chi connectivity index (χ4v) is 2.18. The summed E-state index contributed by atoms with van der Waals surface area (Å²) < 4.78 is 5.47. The Balaban J connectivity index is 2.00. The molecular formula is C14H20N2O2. The number of aryl methyl sites for hydroxylation is 1. The molecular weight excluding hydrogens is 228 g/mol. The van der Waals surface area contributed by atoms with Crippen molar-refractivity contribution in [3.8, 4) is 5.75 Å². The maximum Gasteiger partial charge on any atom is 0.241 e. The summed E-state index contributed by atoms with van der Waals surface area (Å²) in [5.41, 5.74) is 1.86. The van der Waals surface area contributed by atoms with Gasteiger partial charge in [0.25, 0.3) is 0 Å². The number of benzene rings is 1. The average Bonchev–Trinajstić information content (AvgIpc) is 2.86. The summed E-state index contributed by atoms with van der Waals surface area (Å²) in [6.07, 6.45) is 1.99. The fourth-order valence-electron chi connectivity index (χ4n) is 2.18. The van der Waals surface area contributed by atoms with E-state index in [-0.39, 0.29) is 11.9 Å². The molecule has 1 aromatic carbocycles. The van der Waals surface area contributed by atoms with E-state index in [4.69, 9.17) is 4.74 Å². The van der Waals surface area contributed by atoms with Crippen LogP contribution in [0.2, 0.25) is 0 Å². The molecule has 0 radical (unpaired) electrons. The topological polar surface area (TPSA) is 50.4 Å². The molecule has 2 N–H and O–H groups in total. The molecule has 0 spiro atoms. The summed E-state index contributed by atoms with van der Waals surface area (Å²) in [4.78, 5) is 11.9. The van der Waals surface area contributed by atoms with Crippen molar-refractivity contribution in [3.05, 3.63) is 23.8 Å². The van der Waals surface area contributed by atoms with E-state index >= 15 is 0 Å². The molecule has 4 nitrogen and oxygen atoms in total. The van der Waals surface area contributed by atoms with E-state index in [1.54, 1.807) is 0 Å². The third kappa shape index (κ3) is 3.01. The van der Waals surface area contributed by atoms with E-state index in [2.05, 4.69) is 10.6 Å². The molecule has 1 aliphatic heterocycles. The van der Waals surface area contributed by atoms with Crippen LogP contribution in [0.5, 0.6) is 5.75 Å². The van der Waals surface area contributed by atoms with Crippen LogP contribution < -0.4 is 15.4 Å². The van der Waals surface area contributed by atoms with Gasteiger partial charge >= 0.3 is 0 Å². The molecule has 0 saturated carbocycles. The monoisotopic (exact) mass is 248 g/mol. The van der Waals surface area contributed by atoms with Gasteiger partial charge in [0, 0.05) is 5.69 Å². The van der Waals surface area contributed by atoms with Crippen LogP contribution in [-0.2, 0) is 4.79 Å². The van der Waals surface area contributed by atoms with E-state index in [1.807, 2.05) is 32.0 Å². The smallest absolute Gasteiger partial charge is 0.241 e. The minimum absolute atomic E-state index is 0.0446. The lowest BCUT2D eigenvalue weighted by Gasteiger charge is -2.13. The predicted molar refractivity (Wildman–Crippen MR) is 72.0 cm³/mol. The number of anilines is 1. The first kappa shape index (κ1) is 12.9. The van der Waals surface area contributed by atoms with Crippen molar-refractivity contribution in [1.82, 2.24) is 5.32 Å². The standard InChI is InChI=1S/C14H20N2O2/c1-3-18-13-7-6-11(9-10(13)2)16-14(17)12-5-4-8-15-12/h6-7,9,12,15H,3-5,8H2,1-2H3,(H,16,17). The maximum absolute atomic E-state index is 11.9. The third-order valence-corrected chi connectivity index (χ3v) is 3.12. The van der Waals surface area contributed by atoms with Crippen molar-refractivity contribution in [2.45, 2.75) is 32.7 Å². The summed E-state index contributed by atoms with van der Waals surface area (Å²) in [6, 6.07) is 5.68. The van der Waals surface area contributed by atoms with Gasteiger partial charge in [-0.15, -0.1) is 0 Å². The maximum atomic E-state index is 11.9. The van der Waals surface area contributed by atoms with Gasteiger partial charge in [-0.3, -0.25) is 4.79 Å². The Kier molecular flexibility index (Phi) is 4.20. The number of hydrogen-bond acceptors (Lipinski definition) is 3. The molecule has 18 heavy (non-hydrogen) atoms. The Hall–Kier alpha value is -1.55. The Bertz CT molecular complexity index is 426. The van der Waals surface area contributed by atoms with Gasteiger partial charge in [-0.2, -0.15) is 0 Å². The normalized spacial score (nSPS) is 18.7. The first-order valence-electron chi connectivity index (χ1n) is 6.48. The van der Waals surface area contributed by atoms with Gasteiger partial charge < -0.3 is 15.4 Å². The Morgan fingerprint density at radius 1 is 1.56 bits per heavy atom. The minimum Gasteiger partial charge on any atom is -0.494 e. The van der Waals surface area contributed by atoms with Crippen molar-refractivity contribution in [2.24, 2.45) is 0 Å². The Morgan fingerprint density at radius 3 is 3.00 bits per heavy atom. The predicted octanol–water partition coefficient (Wildman–Crippen LogP) is 2.08. The summed E-state index contributed by atoms with van der Waals surface area (Å²) in [6.45, 7) is 5.52. The van der Waals surface area contributed by atoms with Crippen molar-refractivity contribution in [2.75, 3.05) is 18.5 Å². The fraction of sp³-hybridized carbons (Fsp3) is 0.500. The third-order valence-electron chi connectivity index (χ3n) is 3.12. The molecule has 1 aromatic rings. The molecule has 2 rings (SSSR count). The van der Waals surface area contributed by atoms with Crippen molar-refractivity contribution >= 4 is 11.6 Å². The molecule has 1 amide bonds. The summed E-state index contributed by atoms with van der Waals surface area (Å²) in [7, 11) is 0. The number of carbonyl (C=O) groups excluding carboxylic acids is 1. The second-order valence-electron chi connectivity index (χ2n) is 4.55. The van der Waals surface area contributed by atoms with Gasteiger partial charge in [-0.25, -0.2) is 0 Å². The molecule has 4 heteroatoms. The van der Waals surface area contributed by atoms with E-state index in [9.17, 15) is 4.79 Å². The number of ether oxygens (including phenoxy) is 1. The van der Waals surface area contributed by atoms with E-state index in [1.165, 1.54) is 0 Å². The zero-order chi connectivity index (χ0) is 13.0. The van der Waals surface area contributed by atoms with Gasteiger partial charge in [0.15, 0.2) is 0 Å². The van der Waals surface area contributed by atoms with Crippen LogP contribution in [0.15, 0.2) is 18.2 Å². The van der Waals surface area contributed by atoms with E-state index < -0.39 is 0 Å². The Labute approximate surface area is 108 Å². The number of nitrogens with one attached hydrogen (secondary N) is 2. The summed E-state index contributed by atoms with van der Waals surface area (Å²) >= 11 is 0. The second-order valence-corrected chi connectivity index (χ2v) is 4.55. The molecule has 1 saturated heterocycles. The lowest BCUT2D eigenvalue weighted by Crippen LogP contribution is -2.35. The molecule has 98 valence electrons. The molecule has 0 aliphatic carbocycles. The van der Waals surface area contributed by atoms with E-state index in [0.29, 0.717) is 6.61 Å². The zero-order valence-corrected chi connectivity index (χ0v) is 11.0. The molecule has 1 fully saturated rings. The number of amides is 1. The molecule has 1 unspecified atom stereocenters. The Morgan fingerprint density at radius 2 is 2.39 bits per heavy atom. The zero-order valence-electron chi connectivity index (χ0n) is 11.0. The van der Waals surface area contributed by atoms with Gasteiger partial charge in [-0.1, -0.05) is 0 Å². The van der Waals surface area contributed by atoms with Crippen LogP contribution in [0.4, 0.5) is 5.69 Å². The lowest BCUT2D eigenvalue weighted by molar-refractivity contribution is -0.117. The molecule has 1 aliphatic rings. The number of rotatable bonds is 4. The first-order chi connectivity index (χ1) is 8.70. The van der Waals surface area contributed by atoms with Crippen molar-refractivity contribution < 1.29 is 9.53 Å². The van der Waals surface area contributed by atoms with Gasteiger partial charge in [0.1, 0.15) is 5.75 Å².